The van der Waals surface area contributed by atoms with Crippen molar-refractivity contribution in [3.63, 3.8) is 0 Å². The van der Waals surface area contributed by atoms with Crippen LogP contribution in [0.2, 0.25) is 0 Å². The van der Waals surface area contributed by atoms with Crippen LogP contribution in [0.4, 0.5) is 39.5 Å². The first-order valence-corrected chi connectivity index (χ1v) is 3.73. The van der Waals surface area contributed by atoms with Crippen LogP contribution in [0.1, 0.15) is 0 Å². The Balaban J connectivity index is 6.13. The van der Waals surface area contributed by atoms with Gasteiger partial charge in [0, 0.05) is 0 Å². The van der Waals surface area contributed by atoms with Crippen molar-refractivity contribution in [2.75, 3.05) is 0 Å². The third-order valence-electron chi connectivity index (χ3n) is 1.85. The van der Waals surface area contributed by atoms with E-state index in [0.29, 0.717) is 0 Å². The summed E-state index contributed by atoms with van der Waals surface area (Å²) in [6.45, 7) is 1.80. The Morgan fingerprint density at radius 3 is 1.33 bits per heavy atom. The molecule has 0 aromatic heterocycles. The lowest BCUT2D eigenvalue weighted by Crippen LogP contribution is -2.63. The number of hydrogen-bond donors (Lipinski definition) is 1. The molecule has 0 radical (unpaired) electrons. The highest BCUT2D eigenvalue weighted by molar-refractivity contribution is 5.89. The van der Waals surface area contributed by atoms with E-state index in [1.807, 2.05) is 0 Å². The lowest BCUT2D eigenvalue weighted by Gasteiger charge is -2.35. The van der Waals surface area contributed by atoms with Crippen LogP contribution in [0.5, 0.6) is 0 Å². The summed E-state index contributed by atoms with van der Waals surface area (Å²) in [4.78, 5) is 10.0. The van der Waals surface area contributed by atoms with Gasteiger partial charge in [0.25, 0.3) is 0 Å². The number of carboxylic acids is 1. The van der Waals surface area contributed by atoms with Crippen LogP contribution in [0.3, 0.4) is 0 Å². The highest BCUT2D eigenvalue weighted by atomic mass is 19.4. The smallest absolute Gasteiger partial charge is 0.457 e. The van der Waals surface area contributed by atoms with Crippen LogP contribution in [-0.2, 0) is 4.79 Å². The number of halogens is 9. The summed E-state index contributed by atoms with van der Waals surface area (Å²) in [5.41, 5.74) is -9.42. The summed E-state index contributed by atoms with van der Waals surface area (Å²) in [6, 6.07) is 0. The average Bonchev–Trinajstić information content (AvgIpc) is 2.11. The van der Waals surface area contributed by atoms with Crippen LogP contribution in [-0.4, -0.2) is 35.0 Å². The lowest BCUT2D eigenvalue weighted by atomic mass is 9.88. The Labute approximate surface area is 92.7 Å². The van der Waals surface area contributed by atoms with Crippen LogP contribution in [0, 0.1) is 0 Å². The minimum absolute atomic E-state index is 1.80. The minimum Gasteiger partial charge on any atom is -0.478 e. The number of carbonyl (C=O) groups is 1. The maximum absolute atomic E-state index is 13.1. The van der Waals surface area contributed by atoms with Gasteiger partial charge in [-0.05, 0) is 0 Å². The maximum Gasteiger partial charge on any atom is 0.457 e. The van der Waals surface area contributed by atoms with Crippen molar-refractivity contribution in [3.8, 4) is 0 Å². The maximum atomic E-state index is 13.1. The number of rotatable bonds is 3. The van der Waals surface area contributed by atoms with Crippen LogP contribution in [0.15, 0.2) is 12.2 Å². The van der Waals surface area contributed by atoms with E-state index >= 15 is 0 Å². The normalized spacial score (nSPS) is 17.2. The Bertz CT molecular complexity index is 366. The highest BCUT2D eigenvalue weighted by Gasteiger charge is 2.83. The van der Waals surface area contributed by atoms with Gasteiger partial charge in [-0.15, -0.1) is 0 Å². The van der Waals surface area contributed by atoms with Crippen molar-refractivity contribution >= 4 is 5.97 Å². The second-order valence-corrected chi connectivity index (χ2v) is 3.01. The number of carboxylic acid groups (broad SMARTS) is 1. The second-order valence-electron chi connectivity index (χ2n) is 3.01. The molecular formula is C7H3F9O2. The summed E-state index contributed by atoms with van der Waals surface area (Å²) in [5.74, 6) is -9.97. The monoisotopic (exact) mass is 290 g/mol. The summed E-state index contributed by atoms with van der Waals surface area (Å²) < 4.78 is 110. The molecule has 1 N–H and O–H groups in total. The first kappa shape index (κ1) is 16.6. The van der Waals surface area contributed by atoms with E-state index in [2.05, 4.69) is 0 Å². The average molecular weight is 290 g/mol. The zero-order valence-electron chi connectivity index (χ0n) is 7.96. The van der Waals surface area contributed by atoms with Crippen LogP contribution in [0.25, 0.3) is 0 Å². The SMILES string of the molecule is C=C(C(=O)O)C(F)(C(F)(F)F)C(F)(F)C(F)(F)F. The molecule has 0 bridgehead atoms. The number of aliphatic carboxylic acids is 1. The Kier molecular flexibility index (Phi) is 3.73. The van der Waals surface area contributed by atoms with Crippen molar-refractivity contribution in [1.82, 2.24) is 0 Å². The summed E-state index contributed by atoms with van der Waals surface area (Å²) in [6.07, 6.45) is -13.8. The van der Waals surface area contributed by atoms with E-state index in [9.17, 15) is 44.3 Å². The Morgan fingerprint density at radius 2 is 1.17 bits per heavy atom. The standard InChI is InChI=1S/C7H3F9O2/c1-2(3(17)18)4(8,6(11,12)13)5(9,10)7(14,15)16/h1H2,(H,17,18). The Morgan fingerprint density at radius 1 is 0.833 bits per heavy atom. The number of hydrogen-bond acceptors (Lipinski definition) is 1. The van der Waals surface area contributed by atoms with Gasteiger partial charge < -0.3 is 5.11 Å². The first-order chi connectivity index (χ1) is 7.60. The molecule has 0 aliphatic rings. The molecular weight excluding hydrogens is 287 g/mol. The molecule has 11 heteroatoms. The van der Waals surface area contributed by atoms with Crippen molar-refractivity contribution in [3.05, 3.63) is 12.2 Å². The van der Waals surface area contributed by atoms with E-state index in [0.717, 1.165) is 0 Å². The quantitative estimate of drug-likeness (QED) is 0.640. The Hall–Kier alpha value is -1.42. The zero-order valence-corrected chi connectivity index (χ0v) is 7.96. The molecule has 2 nitrogen and oxygen atoms in total. The van der Waals surface area contributed by atoms with Gasteiger partial charge in [0.1, 0.15) is 0 Å². The predicted octanol–water partition coefficient (Wildman–Crippen LogP) is 3.10. The molecule has 18 heavy (non-hydrogen) atoms. The van der Waals surface area contributed by atoms with Crippen LogP contribution >= 0.6 is 0 Å². The van der Waals surface area contributed by atoms with Crippen LogP contribution < -0.4 is 0 Å². The van der Waals surface area contributed by atoms with Gasteiger partial charge in [-0.1, -0.05) is 6.58 Å². The van der Waals surface area contributed by atoms with E-state index in [1.54, 1.807) is 6.58 Å². The largest absolute Gasteiger partial charge is 0.478 e. The molecule has 0 amide bonds. The minimum atomic E-state index is -6.99. The van der Waals surface area contributed by atoms with E-state index in [4.69, 9.17) is 5.11 Å². The molecule has 0 aromatic carbocycles. The fourth-order valence-corrected chi connectivity index (χ4v) is 0.881. The van der Waals surface area contributed by atoms with E-state index in [1.165, 1.54) is 0 Å². The molecule has 0 fully saturated rings. The van der Waals surface area contributed by atoms with Crippen molar-refractivity contribution < 1.29 is 49.4 Å². The lowest BCUT2D eigenvalue weighted by molar-refractivity contribution is -0.372. The third kappa shape index (κ3) is 2.12. The van der Waals surface area contributed by atoms with Crippen molar-refractivity contribution in [2.45, 2.75) is 23.9 Å². The molecule has 0 aliphatic heterocycles. The fourth-order valence-electron chi connectivity index (χ4n) is 0.881. The summed E-state index contributed by atoms with van der Waals surface area (Å²) in [5, 5.41) is 7.97. The van der Waals surface area contributed by atoms with Crippen molar-refractivity contribution in [1.29, 1.82) is 0 Å². The molecule has 0 saturated carbocycles. The highest BCUT2D eigenvalue weighted by Crippen LogP contribution is 2.55. The van der Waals surface area contributed by atoms with E-state index < -0.39 is 35.5 Å². The second kappa shape index (κ2) is 4.05. The molecule has 0 aromatic rings. The van der Waals surface area contributed by atoms with Gasteiger partial charge in [0.2, 0.25) is 0 Å². The number of alkyl halides is 9. The zero-order chi connectivity index (χ0) is 15.2. The topological polar surface area (TPSA) is 37.3 Å². The van der Waals surface area contributed by atoms with Crippen molar-refractivity contribution in [2.24, 2.45) is 0 Å². The molecule has 0 rings (SSSR count). The first-order valence-electron chi connectivity index (χ1n) is 3.73. The fraction of sp³-hybridized carbons (Fsp3) is 0.571. The molecule has 0 saturated heterocycles. The van der Waals surface area contributed by atoms with Gasteiger partial charge in [-0.25, -0.2) is 9.18 Å². The van der Waals surface area contributed by atoms with Gasteiger partial charge >= 0.3 is 29.9 Å². The molecule has 0 heterocycles. The molecule has 0 aliphatic carbocycles. The van der Waals surface area contributed by atoms with Gasteiger partial charge in [0.15, 0.2) is 0 Å². The molecule has 0 spiro atoms. The molecule has 1 unspecified atom stereocenters. The molecule has 1 atom stereocenters. The third-order valence-corrected chi connectivity index (χ3v) is 1.85. The summed E-state index contributed by atoms with van der Waals surface area (Å²) in [7, 11) is 0. The van der Waals surface area contributed by atoms with Gasteiger partial charge in [0.05, 0.1) is 5.57 Å². The molecule has 106 valence electrons. The van der Waals surface area contributed by atoms with Gasteiger partial charge in [-0.2, -0.15) is 35.1 Å². The van der Waals surface area contributed by atoms with Gasteiger partial charge in [-0.3, -0.25) is 0 Å². The summed E-state index contributed by atoms with van der Waals surface area (Å²) >= 11 is 0. The van der Waals surface area contributed by atoms with E-state index in [-0.39, 0.29) is 0 Å². The predicted molar refractivity (Wildman–Crippen MR) is 37.7 cm³/mol.